The highest BCUT2D eigenvalue weighted by Crippen LogP contribution is 2.33. The number of likely N-dealkylation sites (tertiary alicyclic amines) is 1. The number of hydrogen-bond acceptors (Lipinski definition) is 5. The number of halogens is 2. The molecule has 2 heterocycles. The summed E-state index contributed by atoms with van der Waals surface area (Å²) in [5.41, 5.74) is 0. The Morgan fingerprint density at radius 2 is 2.39 bits per heavy atom. The zero-order chi connectivity index (χ0) is 13.3. The number of nitro groups is 1. The average Bonchev–Trinajstić information content (AvgIpc) is 2.52. The third-order valence-electron chi connectivity index (χ3n) is 2.62. The predicted octanol–water partition coefficient (Wildman–Crippen LogP) is 1.32. The molecule has 18 heavy (non-hydrogen) atoms. The highest BCUT2D eigenvalue weighted by atomic mass is 19.3. The molecule has 1 aromatic heterocycles. The fourth-order valence-corrected chi connectivity index (χ4v) is 1.83. The predicted molar refractivity (Wildman–Crippen MR) is 57.8 cm³/mol. The summed E-state index contributed by atoms with van der Waals surface area (Å²) in [7, 11) is 1.54. The van der Waals surface area contributed by atoms with E-state index in [4.69, 9.17) is 4.74 Å². The number of alkyl halides is 2. The molecular weight excluding hydrogens is 248 g/mol. The second kappa shape index (κ2) is 4.45. The Hall–Kier alpha value is -1.83. The average molecular weight is 259 g/mol. The topological polar surface area (TPSA) is 68.5 Å². The summed E-state index contributed by atoms with van der Waals surface area (Å²) < 4.78 is 32.1. The monoisotopic (exact) mass is 259 g/mol. The van der Waals surface area contributed by atoms with Gasteiger partial charge in [-0.25, -0.2) is 8.78 Å². The lowest BCUT2D eigenvalue weighted by atomic mass is 10.2. The molecule has 0 spiro atoms. The van der Waals surface area contributed by atoms with Crippen LogP contribution in [-0.4, -0.2) is 47.0 Å². The minimum Gasteiger partial charge on any atom is -0.475 e. The summed E-state index contributed by atoms with van der Waals surface area (Å²) in [6, 6.07) is 2.67. The molecule has 1 aromatic rings. The quantitative estimate of drug-likeness (QED) is 0.605. The van der Waals surface area contributed by atoms with E-state index in [1.165, 1.54) is 30.3 Å². The standard InChI is InChI=1S/C10H11F2N3O3/c1-14-5-8(10(11,12)6-14)18-7-3-2-4-13-9(7)15(16)17/h2-4,8H,5-6H2,1H3/t8-/m0/s1. The van der Waals surface area contributed by atoms with Gasteiger partial charge in [0.15, 0.2) is 6.10 Å². The van der Waals surface area contributed by atoms with Gasteiger partial charge in [-0.15, -0.1) is 0 Å². The molecule has 0 saturated carbocycles. The zero-order valence-corrected chi connectivity index (χ0v) is 9.55. The van der Waals surface area contributed by atoms with E-state index in [1.807, 2.05) is 0 Å². The third-order valence-corrected chi connectivity index (χ3v) is 2.62. The molecule has 0 aromatic carbocycles. The molecule has 0 N–H and O–H groups in total. The van der Waals surface area contributed by atoms with Crippen LogP contribution in [0.25, 0.3) is 0 Å². The zero-order valence-electron chi connectivity index (χ0n) is 9.55. The van der Waals surface area contributed by atoms with Crippen molar-refractivity contribution < 1.29 is 18.4 Å². The molecule has 1 fully saturated rings. The smallest absolute Gasteiger partial charge is 0.406 e. The van der Waals surface area contributed by atoms with E-state index in [9.17, 15) is 18.9 Å². The Morgan fingerprint density at radius 3 is 2.94 bits per heavy atom. The molecule has 1 saturated heterocycles. The number of ether oxygens (including phenoxy) is 1. The summed E-state index contributed by atoms with van der Waals surface area (Å²) in [5, 5.41) is 10.7. The van der Waals surface area contributed by atoms with Gasteiger partial charge in [-0.3, -0.25) is 4.90 Å². The molecule has 8 heteroatoms. The van der Waals surface area contributed by atoms with Crippen LogP contribution in [0, 0.1) is 10.1 Å². The summed E-state index contributed by atoms with van der Waals surface area (Å²) in [5.74, 6) is -3.82. The van der Waals surface area contributed by atoms with Crippen LogP contribution in [-0.2, 0) is 0 Å². The van der Waals surface area contributed by atoms with E-state index in [-0.39, 0.29) is 12.3 Å². The Balaban J connectivity index is 2.22. The number of pyridine rings is 1. The van der Waals surface area contributed by atoms with E-state index >= 15 is 0 Å². The number of hydrogen-bond donors (Lipinski definition) is 0. The van der Waals surface area contributed by atoms with E-state index in [0.29, 0.717) is 0 Å². The molecule has 1 atom stereocenters. The highest BCUT2D eigenvalue weighted by molar-refractivity contribution is 5.38. The first kappa shape index (κ1) is 12.6. The van der Waals surface area contributed by atoms with E-state index in [1.54, 1.807) is 0 Å². The van der Waals surface area contributed by atoms with Crippen LogP contribution in [0.1, 0.15) is 0 Å². The van der Waals surface area contributed by atoms with Gasteiger partial charge in [0, 0.05) is 6.54 Å². The lowest BCUT2D eigenvalue weighted by Crippen LogP contribution is -2.36. The van der Waals surface area contributed by atoms with E-state index in [0.717, 1.165) is 0 Å². The molecule has 98 valence electrons. The van der Waals surface area contributed by atoms with Crippen LogP contribution >= 0.6 is 0 Å². The number of likely N-dealkylation sites (N-methyl/N-ethyl adjacent to an activating group) is 1. The van der Waals surface area contributed by atoms with Crippen LogP contribution in [0.2, 0.25) is 0 Å². The maximum atomic E-state index is 13.5. The van der Waals surface area contributed by atoms with Crippen molar-refractivity contribution in [1.82, 2.24) is 9.88 Å². The van der Waals surface area contributed by atoms with Gasteiger partial charge >= 0.3 is 5.82 Å². The minimum absolute atomic E-state index is 0.0129. The van der Waals surface area contributed by atoms with Crippen molar-refractivity contribution in [1.29, 1.82) is 0 Å². The fourth-order valence-electron chi connectivity index (χ4n) is 1.83. The van der Waals surface area contributed by atoms with Crippen molar-refractivity contribution in [3.63, 3.8) is 0 Å². The van der Waals surface area contributed by atoms with Crippen molar-refractivity contribution in [2.24, 2.45) is 0 Å². The second-order valence-corrected chi connectivity index (χ2v) is 4.15. The van der Waals surface area contributed by atoms with Gasteiger partial charge in [0.1, 0.15) is 6.20 Å². The van der Waals surface area contributed by atoms with Crippen LogP contribution in [0.4, 0.5) is 14.6 Å². The van der Waals surface area contributed by atoms with Crippen molar-refractivity contribution in [3.8, 4) is 5.75 Å². The summed E-state index contributed by atoms with van der Waals surface area (Å²) in [6.07, 6.45) is -0.186. The Labute approximate surface area is 101 Å². The van der Waals surface area contributed by atoms with Gasteiger partial charge in [0.25, 0.3) is 5.92 Å². The highest BCUT2D eigenvalue weighted by Gasteiger charge is 2.49. The van der Waals surface area contributed by atoms with Gasteiger partial charge < -0.3 is 14.9 Å². The minimum atomic E-state index is -3.03. The van der Waals surface area contributed by atoms with Gasteiger partial charge in [0.2, 0.25) is 5.75 Å². The van der Waals surface area contributed by atoms with Gasteiger partial charge in [0.05, 0.1) is 6.54 Å². The summed E-state index contributed by atoms with van der Waals surface area (Å²) in [6.45, 7) is -0.412. The molecule has 6 nitrogen and oxygen atoms in total. The Bertz CT molecular complexity index is 469. The molecule has 1 aliphatic rings. The van der Waals surface area contributed by atoms with Crippen molar-refractivity contribution >= 4 is 5.82 Å². The lowest BCUT2D eigenvalue weighted by molar-refractivity contribution is -0.390. The third kappa shape index (κ3) is 2.37. The maximum absolute atomic E-state index is 13.5. The molecule has 0 aliphatic carbocycles. The van der Waals surface area contributed by atoms with Crippen molar-refractivity contribution in [2.75, 3.05) is 20.1 Å². The molecule has 1 aliphatic heterocycles. The first-order chi connectivity index (χ1) is 8.40. The number of rotatable bonds is 3. The fraction of sp³-hybridized carbons (Fsp3) is 0.500. The molecule has 0 radical (unpaired) electrons. The van der Waals surface area contributed by atoms with Crippen LogP contribution < -0.4 is 4.74 Å². The Morgan fingerprint density at radius 1 is 1.67 bits per heavy atom. The summed E-state index contributed by atoms with van der Waals surface area (Å²) in [4.78, 5) is 14.8. The van der Waals surface area contributed by atoms with Crippen LogP contribution in [0.3, 0.4) is 0 Å². The van der Waals surface area contributed by atoms with Crippen LogP contribution in [0.5, 0.6) is 5.75 Å². The number of aromatic nitrogens is 1. The molecular formula is C10H11F2N3O3. The Kier molecular flexibility index (Phi) is 3.12. The first-order valence-electron chi connectivity index (χ1n) is 5.22. The van der Waals surface area contributed by atoms with Crippen LogP contribution in [0.15, 0.2) is 18.3 Å². The number of nitrogens with zero attached hydrogens (tertiary/aromatic N) is 3. The van der Waals surface area contributed by atoms with Gasteiger partial charge in [-0.1, -0.05) is 0 Å². The van der Waals surface area contributed by atoms with E-state index in [2.05, 4.69) is 4.98 Å². The first-order valence-corrected chi connectivity index (χ1v) is 5.22. The second-order valence-electron chi connectivity index (χ2n) is 4.15. The largest absolute Gasteiger partial charge is 0.475 e. The maximum Gasteiger partial charge on any atom is 0.406 e. The van der Waals surface area contributed by atoms with Crippen molar-refractivity contribution in [2.45, 2.75) is 12.0 Å². The van der Waals surface area contributed by atoms with E-state index < -0.39 is 29.3 Å². The summed E-state index contributed by atoms with van der Waals surface area (Å²) >= 11 is 0. The molecule has 0 unspecified atom stereocenters. The lowest BCUT2D eigenvalue weighted by Gasteiger charge is -2.18. The van der Waals surface area contributed by atoms with Crippen molar-refractivity contribution in [3.05, 3.63) is 28.4 Å². The SMILES string of the molecule is CN1C[C@H](Oc2cccnc2[N+](=O)[O-])C(F)(F)C1. The molecule has 0 bridgehead atoms. The van der Waals surface area contributed by atoms with Gasteiger partial charge in [-0.2, -0.15) is 0 Å². The normalized spacial score (nSPS) is 22.9. The molecule has 0 amide bonds. The van der Waals surface area contributed by atoms with Gasteiger partial charge in [-0.05, 0) is 29.1 Å². The molecule has 2 rings (SSSR count).